The monoisotopic (exact) mass is 764 g/mol. The van der Waals surface area contributed by atoms with E-state index < -0.39 is 40.2 Å². The summed E-state index contributed by atoms with van der Waals surface area (Å²) in [4.78, 5) is 73.4. The van der Waals surface area contributed by atoms with E-state index in [4.69, 9.17) is 4.98 Å². The summed E-state index contributed by atoms with van der Waals surface area (Å²) in [5.41, 5.74) is 1.96. The fourth-order valence-electron chi connectivity index (χ4n) is 8.14. The number of anilines is 4. The van der Waals surface area contributed by atoms with E-state index in [0.717, 1.165) is 5.69 Å². The molecule has 1 aromatic carbocycles. The number of carboxylic acid groups (broad SMARTS) is 2. The van der Waals surface area contributed by atoms with Gasteiger partial charge in [-0.25, -0.2) is 19.0 Å². The molecule has 2 N–H and O–H groups in total. The fourth-order valence-corrected chi connectivity index (χ4v) is 8.14. The molecule has 2 fully saturated rings. The van der Waals surface area contributed by atoms with E-state index in [1.54, 1.807) is 46.5 Å². The van der Waals surface area contributed by atoms with Gasteiger partial charge in [0.25, 0.3) is 11.8 Å². The molecular weight excluding hydrogens is 719 g/mol. The second kappa shape index (κ2) is 13.9. The summed E-state index contributed by atoms with van der Waals surface area (Å²) in [6, 6.07) is 11.3. The van der Waals surface area contributed by atoms with Gasteiger partial charge in [-0.15, -0.1) is 0 Å². The molecule has 0 atom stereocenters. The third-order valence-electron chi connectivity index (χ3n) is 11.0. The number of hydrogen-bond donors (Lipinski definition) is 2. The van der Waals surface area contributed by atoms with E-state index in [0.29, 0.717) is 74.3 Å². The lowest BCUT2D eigenvalue weighted by Crippen LogP contribution is -2.61. The lowest BCUT2D eigenvalue weighted by Gasteiger charge is -2.48. The number of carbonyl (C=O) groups excluding carboxylic acids is 2. The molecule has 0 saturated carbocycles. The van der Waals surface area contributed by atoms with Crippen molar-refractivity contribution < 1.29 is 33.8 Å². The van der Waals surface area contributed by atoms with Crippen LogP contribution in [0, 0.1) is 5.82 Å². The van der Waals surface area contributed by atoms with Gasteiger partial charge in [-0.2, -0.15) is 0 Å². The topological polar surface area (TPSA) is 164 Å². The van der Waals surface area contributed by atoms with Gasteiger partial charge >= 0.3 is 11.9 Å². The number of piperazine rings is 2. The van der Waals surface area contributed by atoms with Gasteiger partial charge < -0.3 is 34.7 Å². The molecule has 0 spiro atoms. The molecular formula is C41H45FN8O6. The number of aromatic carboxylic acids is 2. The van der Waals surface area contributed by atoms with Gasteiger partial charge in [-0.1, -0.05) is 13.8 Å². The first kappa shape index (κ1) is 38.2. The minimum atomic E-state index is -1.07. The van der Waals surface area contributed by atoms with Gasteiger partial charge in [0.1, 0.15) is 11.5 Å². The highest BCUT2D eigenvalue weighted by molar-refractivity contribution is 5.96. The van der Waals surface area contributed by atoms with E-state index >= 15 is 4.39 Å². The van der Waals surface area contributed by atoms with Gasteiger partial charge in [0.05, 0.1) is 62.9 Å². The van der Waals surface area contributed by atoms with Crippen molar-refractivity contribution in [2.45, 2.75) is 58.0 Å². The maximum atomic E-state index is 16.0. The lowest BCUT2D eigenvalue weighted by atomic mass is 9.91. The smallest absolute Gasteiger partial charge is 0.337 e. The summed E-state index contributed by atoms with van der Waals surface area (Å²) in [6.45, 7) is 14.7. The van der Waals surface area contributed by atoms with Crippen molar-refractivity contribution in [2.75, 3.05) is 60.5 Å². The van der Waals surface area contributed by atoms with Crippen LogP contribution in [0.25, 0.3) is 0 Å². The number of rotatable bonds is 7. The Hall–Kier alpha value is -6.12. The third-order valence-corrected chi connectivity index (χ3v) is 11.0. The summed E-state index contributed by atoms with van der Waals surface area (Å²) in [5, 5.41) is 18.8. The van der Waals surface area contributed by atoms with E-state index in [1.165, 1.54) is 24.5 Å². The number of fused-ring (bicyclic) bond motifs is 1. The summed E-state index contributed by atoms with van der Waals surface area (Å²) in [7, 11) is 0. The highest BCUT2D eigenvalue weighted by atomic mass is 19.1. The second-order valence-corrected chi connectivity index (χ2v) is 16.6. The zero-order valence-electron chi connectivity index (χ0n) is 32.3. The molecule has 3 aliphatic rings. The first-order chi connectivity index (χ1) is 26.4. The Labute approximate surface area is 324 Å². The molecule has 2 amide bonds. The van der Waals surface area contributed by atoms with Gasteiger partial charge in [0.15, 0.2) is 0 Å². The van der Waals surface area contributed by atoms with E-state index in [-0.39, 0.29) is 22.6 Å². The number of amides is 2. The molecule has 15 heteroatoms. The van der Waals surface area contributed by atoms with Crippen molar-refractivity contribution in [3.8, 4) is 0 Å². The molecule has 292 valence electrons. The Bertz CT molecular complexity index is 2260. The van der Waals surface area contributed by atoms with Crippen LogP contribution in [-0.2, 0) is 5.41 Å². The summed E-state index contributed by atoms with van der Waals surface area (Å²) in [5.74, 6) is -3.42. The molecule has 3 aromatic heterocycles. The SMILES string of the molecule is CC1(C)CN(c2ccc(C(=O)N3CCN(c4cncc(C(=O)O)c4)CC3(C)C)c(F)c2)c2ccc(C(=O)N3CCN(c4cncc(C(=O)O)c4)CC3(C)C)nc21. The number of halogens is 1. The van der Waals surface area contributed by atoms with Crippen molar-refractivity contribution in [1.82, 2.24) is 24.8 Å². The Balaban J connectivity index is 1.06. The number of aromatic nitrogens is 3. The molecule has 2 saturated heterocycles. The third kappa shape index (κ3) is 6.97. The average Bonchev–Trinajstić information content (AvgIpc) is 3.43. The van der Waals surface area contributed by atoms with E-state index in [1.807, 2.05) is 62.3 Å². The first-order valence-corrected chi connectivity index (χ1v) is 18.5. The first-order valence-electron chi connectivity index (χ1n) is 18.5. The van der Waals surface area contributed by atoms with E-state index in [9.17, 15) is 29.4 Å². The number of carbonyl (C=O) groups is 4. The van der Waals surface area contributed by atoms with Gasteiger partial charge in [0.2, 0.25) is 0 Å². The number of carboxylic acids is 2. The Kier molecular flexibility index (Phi) is 9.45. The van der Waals surface area contributed by atoms with Crippen molar-refractivity contribution in [3.63, 3.8) is 0 Å². The molecule has 0 radical (unpaired) electrons. The normalized spacial score (nSPS) is 18.4. The predicted octanol–water partition coefficient (Wildman–Crippen LogP) is 5.32. The van der Waals surface area contributed by atoms with Crippen molar-refractivity contribution in [1.29, 1.82) is 0 Å². The Morgan fingerprint density at radius 2 is 1.18 bits per heavy atom. The average molecular weight is 765 g/mol. The maximum absolute atomic E-state index is 16.0. The molecule has 0 bridgehead atoms. The minimum absolute atomic E-state index is 0.0452. The van der Waals surface area contributed by atoms with Gasteiger partial charge in [-0.3, -0.25) is 19.6 Å². The fraction of sp³-hybridized carbons (Fsp3) is 0.390. The zero-order valence-corrected chi connectivity index (χ0v) is 32.3. The van der Waals surface area contributed by atoms with Crippen LogP contribution in [0.4, 0.5) is 27.1 Å². The summed E-state index contributed by atoms with van der Waals surface area (Å²) in [6.07, 6.45) is 5.82. The second-order valence-electron chi connectivity index (χ2n) is 16.6. The standard InChI is InChI=1S/C41H45FN8O6/c1-39(2)22-48(27-7-8-30(31(42)17-27)35(51)49-13-11-46(23-40(49,3)4)28-15-25(37(53)54)18-43-20-28)33-10-9-32(45-34(33)39)36(52)50-14-12-47(24-41(50,5)6)29-16-26(38(55)56)19-44-21-29/h7-10,15-21H,11-14,22-24H2,1-6H3,(H,53,54)(H,55,56). The quantitative estimate of drug-likeness (QED) is 0.250. The minimum Gasteiger partial charge on any atom is -0.478 e. The zero-order chi connectivity index (χ0) is 40.3. The van der Waals surface area contributed by atoms with Crippen LogP contribution >= 0.6 is 0 Å². The van der Waals surface area contributed by atoms with Gasteiger partial charge in [-0.05, 0) is 70.2 Å². The maximum Gasteiger partial charge on any atom is 0.337 e. The Morgan fingerprint density at radius 1 is 0.643 bits per heavy atom. The Morgan fingerprint density at radius 3 is 1.68 bits per heavy atom. The summed E-state index contributed by atoms with van der Waals surface area (Å²) < 4.78 is 16.0. The predicted molar refractivity (Wildman–Crippen MR) is 208 cm³/mol. The van der Waals surface area contributed by atoms with Crippen molar-refractivity contribution in [3.05, 3.63) is 101 Å². The van der Waals surface area contributed by atoms with Crippen LogP contribution < -0.4 is 14.7 Å². The van der Waals surface area contributed by atoms with Crippen LogP contribution in [0.3, 0.4) is 0 Å². The highest BCUT2D eigenvalue weighted by Gasteiger charge is 2.42. The number of pyridine rings is 3. The molecule has 3 aliphatic heterocycles. The molecule has 0 unspecified atom stereocenters. The highest BCUT2D eigenvalue weighted by Crippen LogP contribution is 2.44. The number of benzene rings is 1. The van der Waals surface area contributed by atoms with Crippen LogP contribution in [0.5, 0.6) is 0 Å². The van der Waals surface area contributed by atoms with E-state index in [2.05, 4.69) is 9.97 Å². The van der Waals surface area contributed by atoms with Crippen LogP contribution in [-0.4, -0.2) is 116 Å². The molecule has 6 heterocycles. The number of hydrogen-bond acceptors (Lipinski definition) is 10. The van der Waals surface area contributed by atoms with Gasteiger partial charge in [0, 0.05) is 69.3 Å². The van der Waals surface area contributed by atoms with Crippen LogP contribution in [0.2, 0.25) is 0 Å². The largest absolute Gasteiger partial charge is 0.478 e. The number of nitrogens with zero attached hydrogens (tertiary/aromatic N) is 8. The molecule has 4 aromatic rings. The van der Waals surface area contributed by atoms with Crippen molar-refractivity contribution in [2.24, 2.45) is 0 Å². The van der Waals surface area contributed by atoms with Crippen LogP contribution in [0.15, 0.2) is 67.3 Å². The summed E-state index contributed by atoms with van der Waals surface area (Å²) >= 11 is 0. The molecule has 7 rings (SSSR count). The molecule has 14 nitrogen and oxygen atoms in total. The van der Waals surface area contributed by atoms with Crippen molar-refractivity contribution >= 4 is 46.5 Å². The molecule has 56 heavy (non-hydrogen) atoms. The molecule has 0 aliphatic carbocycles. The van der Waals surface area contributed by atoms with Crippen LogP contribution in [0.1, 0.15) is 88.8 Å². The lowest BCUT2D eigenvalue weighted by molar-refractivity contribution is 0.0499.